The van der Waals surface area contributed by atoms with Gasteiger partial charge in [0.1, 0.15) is 0 Å². The van der Waals surface area contributed by atoms with Crippen LogP contribution in [0.5, 0.6) is 0 Å². The quantitative estimate of drug-likeness (QED) is 0.888. The lowest BCUT2D eigenvalue weighted by Crippen LogP contribution is -2.31. The average Bonchev–Trinajstić information content (AvgIpc) is 2.74. The number of hydrogen-bond acceptors (Lipinski definition) is 2. The summed E-state index contributed by atoms with van der Waals surface area (Å²) >= 11 is 5.94. The molecule has 0 amide bonds. The normalized spacial score (nSPS) is 26.1. The molecule has 1 N–H and O–H groups in total. The highest BCUT2D eigenvalue weighted by molar-refractivity contribution is 6.30. The first-order valence-electron chi connectivity index (χ1n) is 6.33. The van der Waals surface area contributed by atoms with Crippen molar-refractivity contribution in [1.29, 1.82) is 0 Å². The van der Waals surface area contributed by atoms with Crippen LogP contribution in [0.25, 0.3) is 0 Å². The summed E-state index contributed by atoms with van der Waals surface area (Å²) in [6.45, 7) is 6.15. The van der Waals surface area contributed by atoms with Crippen LogP contribution in [-0.4, -0.2) is 19.3 Å². The summed E-state index contributed by atoms with van der Waals surface area (Å²) in [7, 11) is 0. The summed E-state index contributed by atoms with van der Waals surface area (Å²) < 4.78 is 5.67. The maximum absolute atomic E-state index is 5.94. The van der Waals surface area contributed by atoms with E-state index in [-0.39, 0.29) is 0 Å². The summed E-state index contributed by atoms with van der Waals surface area (Å²) in [5.74, 6) is 0.552. The molecule has 1 saturated heterocycles. The summed E-state index contributed by atoms with van der Waals surface area (Å²) in [4.78, 5) is 0. The van der Waals surface area contributed by atoms with E-state index in [1.807, 2.05) is 12.1 Å². The smallest absolute Gasteiger partial charge is 0.0594 e. The third-order valence-electron chi connectivity index (χ3n) is 3.52. The van der Waals surface area contributed by atoms with Gasteiger partial charge in [-0.3, -0.25) is 0 Å². The second-order valence-corrected chi connectivity index (χ2v) is 5.05. The van der Waals surface area contributed by atoms with Crippen molar-refractivity contribution in [2.24, 2.45) is 5.92 Å². The maximum atomic E-state index is 5.94. The SMILES string of the molecule is CCNC(c1ccc(Cl)cc1)C1CCOC1C. The van der Waals surface area contributed by atoms with E-state index in [0.717, 1.165) is 24.6 Å². The molecule has 0 spiro atoms. The van der Waals surface area contributed by atoms with Crippen LogP contribution < -0.4 is 5.32 Å². The molecule has 0 bridgehead atoms. The standard InChI is InChI=1S/C14H20ClNO/c1-3-16-14(13-8-9-17-10(13)2)11-4-6-12(15)7-5-11/h4-7,10,13-14,16H,3,8-9H2,1-2H3. The minimum atomic E-state index is 0.328. The van der Waals surface area contributed by atoms with Crippen LogP contribution in [0.3, 0.4) is 0 Å². The second kappa shape index (κ2) is 5.85. The minimum Gasteiger partial charge on any atom is -0.378 e. The van der Waals surface area contributed by atoms with Gasteiger partial charge >= 0.3 is 0 Å². The van der Waals surface area contributed by atoms with E-state index < -0.39 is 0 Å². The lowest BCUT2D eigenvalue weighted by atomic mass is 9.88. The predicted octanol–water partition coefficient (Wildman–Crippen LogP) is 3.42. The van der Waals surface area contributed by atoms with Gasteiger partial charge in [-0.25, -0.2) is 0 Å². The molecule has 1 aromatic carbocycles. The van der Waals surface area contributed by atoms with Gasteiger partial charge in [-0.15, -0.1) is 0 Å². The summed E-state index contributed by atoms with van der Waals surface area (Å²) in [5.41, 5.74) is 1.30. The molecule has 0 aliphatic carbocycles. The Labute approximate surface area is 108 Å². The zero-order valence-corrected chi connectivity index (χ0v) is 11.2. The zero-order chi connectivity index (χ0) is 12.3. The number of hydrogen-bond donors (Lipinski definition) is 1. The monoisotopic (exact) mass is 253 g/mol. The Bertz CT molecular complexity index is 352. The molecule has 0 radical (unpaired) electrons. The molecule has 94 valence electrons. The third-order valence-corrected chi connectivity index (χ3v) is 3.77. The molecule has 17 heavy (non-hydrogen) atoms. The summed E-state index contributed by atoms with van der Waals surface area (Å²) in [6, 6.07) is 8.51. The fourth-order valence-electron chi connectivity index (χ4n) is 2.59. The number of benzene rings is 1. The van der Waals surface area contributed by atoms with Crippen molar-refractivity contribution in [3.8, 4) is 0 Å². The van der Waals surface area contributed by atoms with E-state index in [4.69, 9.17) is 16.3 Å². The van der Waals surface area contributed by atoms with Crippen molar-refractivity contribution in [2.45, 2.75) is 32.4 Å². The molecule has 3 atom stereocenters. The van der Waals surface area contributed by atoms with Crippen molar-refractivity contribution in [2.75, 3.05) is 13.2 Å². The van der Waals surface area contributed by atoms with E-state index in [1.165, 1.54) is 5.56 Å². The molecule has 3 heteroatoms. The van der Waals surface area contributed by atoms with Crippen molar-refractivity contribution >= 4 is 11.6 Å². The highest BCUT2D eigenvalue weighted by Crippen LogP contribution is 2.33. The number of nitrogens with one attached hydrogen (secondary N) is 1. The second-order valence-electron chi connectivity index (χ2n) is 4.62. The molecular weight excluding hydrogens is 234 g/mol. The minimum absolute atomic E-state index is 0.328. The van der Waals surface area contributed by atoms with Crippen LogP contribution in [0.4, 0.5) is 0 Å². The Morgan fingerprint density at radius 2 is 2.12 bits per heavy atom. The summed E-state index contributed by atoms with van der Waals surface area (Å²) in [5, 5.41) is 4.36. The molecule has 2 rings (SSSR count). The van der Waals surface area contributed by atoms with Crippen molar-refractivity contribution in [3.05, 3.63) is 34.9 Å². The van der Waals surface area contributed by atoms with E-state index in [0.29, 0.717) is 18.1 Å². The largest absolute Gasteiger partial charge is 0.378 e. The molecule has 0 aromatic heterocycles. The number of ether oxygens (including phenoxy) is 1. The first-order valence-corrected chi connectivity index (χ1v) is 6.70. The molecular formula is C14H20ClNO. The number of halogens is 1. The first-order chi connectivity index (χ1) is 8.22. The van der Waals surface area contributed by atoms with Crippen molar-refractivity contribution < 1.29 is 4.74 Å². The maximum Gasteiger partial charge on any atom is 0.0594 e. The van der Waals surface area contributed by atoms with Gasteiger partial charge in [0.2, 0.25) is 0 Å². The van der Waals surface area contributed by atoms with Gasteiger partial charge in [-0.05, 0) is 37.6 Å². The van der Waals surface area contributed by atoms with Gasteiger partial charge in [-0.2, -0.15) is 0 Å². The molecule has 3 unspecified atom stereocenters. The Morgan fingerprint density at radius 3 is 2.65 bits per heavy atom. The molecule has 1 aliphatic heterocycles. The van der Waals surface area contributed by atoms with E-state index in [2.05, 4.69) is 31.3 Å². The Balaban J connectivity index is 2.18. The highest BCUT2D eigenvalue weighted by atomic mass is 35.5. The Hall–Kier alpha value is -0.570. The molecule has 1 fully saturated rings. The van der Waals surface area contributed by atoms with Crippen LogP contribution in [0, 0.1) is 5.92 Å². The van der Waals surface area contributed by atoms with Crippen LogP contribution in [0.1, 0.15) is 31.9 Å². The topological polar surface area (TPSA) is 21.3 Å². The van der Waals surface area contributed by atoms with E-state index in [9.17, 15) is 0 Å². The van der Waals surface area contributed by atoms with Crippen molar-refractivity contribution in [1.82, 2.24) is 5.32 Å². The van der Waals surface area contributed by atoms with Gasteiger partial charge in [0.15, 0.2) is 0 Å². The fraction of sp³-hybridized carbons (Fsp3) is 0.571. The average molecular weight is 254 g/mol. The summed E-state index contributed by atoms with van der Waals surface area (Å²) in [6.07, 6.45) is 1.45. The lowest BCUT2D eigenvalue weighted by molar-refractivity contribution is 0.0956. The van der Waals surface area contributed by atoms with E-state index >= 15 is 0 Å². The molecule has 0 saturated carbocycles. The van der Waals surface area contributed by atoms with Crippen LogP contribution in [0.2, 0.25) is 5.02 Å². The molecule has 1 aliphatic rings. The van der Waals surface area contributed by atoms with E-state index in [1.54, 1.807) is 0 Å². The molecule has 1 heterocycles. The first kappa shape index (κ1) is 12.9. The zero-order valence-electron chi connectivity index (χ0n) is 10.4. The van der Waals surface area contributed by atoms with Gasteiger partial charge in [0.25, 0.3) is 0 Å². The molecule has 2 nitrogen and oxygen atoms in total. The van der Waals surface area contributed by atoms with Gasteiger partial charge in [-0.1, -0.05) is 30.7 Å². The highest BCUT2D eigenvalue weighted by Gasteiger charge is 2.32. The third kappa shape index (κ3) is 3.01. The fourth-order valence-corrected chi connectivity index (χ4v) is 2.72. The van der Waals surface area contributed by atoms with Gasteiger partial charge < -0.3 is 10.1 Å². The Morgan fingerprint density at radius 1 is 1.41 bits per heavy atom. The van der Waals surface area contributed by atoms with Crippen molar-refractivity contribution in [3.63, 3.8) is 0 Å². The molecule has 1 aromatic rings. The van der Waals surface area contributed by atoms with Gasteiger partial charge in [0.05, 0.1) is 6.10 Å². The van der Waals surface area contributed by atoms with Crippen LogP contribution >= 0.6 is 11.6 Å². The Kier molecular flexibility index (Phi) is 4.43. The lowest BCUT2D eigenvalue weighted by Gasteiger charge is -2.27. The number of rotatable bonds is 4. The predicted molar refractivity (Wildman–Crippen MR) is 71.4 cm³/mol. The van der Waals surface area contributed by atoms with Crippen LogP contribution in [-0.2, 0) is 4.74 Å². The van der Waals surface area contributed by atoms with Crippen LogP contribution in [0.15, 0.2) is 24.3 Å². The van der Waals surface area contributed by atoms with Gasteiger partial charge in [0, 0.05) is 23.6 Å².